The molecule has 0 amide bonds. The maximum atomic E-state index is 6.02. The van der Waals surface area contributed by atoms with Crippen molar-refractivity contribution in [2.45, 2.75) is 6.54 Å². The van der Waals surface area contributed by atoms with Gasteiger partial charge in [0.25, 0.3) is 0 Å². The fourth-order valence-corrected chi connectivity index (χ4v) is 1.77. The highest BCUT2D eigenvalue weighted by Crippen LogP contribution is 2.23. The minimum Gasteiger partial charge on any atom is -0.497 e. The van der Waals surface area contributed by atoms with Crippen LogP contribution in [0.3, 0.4) is 0 Å². The maximum absolute atomic E-state index is 6.02. The molecule has 1 aromatic carbocycles. The lowest BCUT2D eigenvalue weighted by molar-refractivity contribution is 0.415. The number of nitrogens with two attached hydrogens (primary N) is 1. The van der Waals surface area contributed by atoms with E-state index in [4.69, 9.17) is 22.1 Å². The molecule has 2 N–H and O–H groups in total. The van der Waals surface area contributed by atoms with Crippen molar-refractivity contribution < 1.29 is 4.74 Å². The van der Waals surface area contributed by atoms with Gasteiger partial charge >= 0.3 is 0 Å². The third kappa shape index (κ3) is 2.57. The van der Waals surface area contributed by atoms with Crippen molar-refractivity contribution in [2.75, 3.05) is 7.11 Å². The second-order valence-corrected chi connectivity index (χ2v) is 3.94. The lowest BCUT2D eigenvalue weighted by Crippen LogP contribution is -1.99. The molecule has 0 atom stereocenters. The highest BCUT2D eigenvalue weighted by atomic mass is 35.5. The van der Waals surface area contributed by atoms with Crippen LogP contribution >= 0.6 is 11.6 Å². The zero-order valence-electron chi connectivity index (χ0n) is 9.48. The zero-order chi connectivity index (χ0) is 12.3. The van der Waals surface area contributed by atoms with E-state index in [2.05, 4.69) is 4.98 Å². The monoisotopic (exact) mass is 248 g/mol. The highest BCUT2D eigenvalue weighted by molar-refractivity contribution is 6.30. The fraction of sp³-hybridized carbons (Fsp3) is 0.154. The van der Waals surface area contributed by atoms with Gasteiger partial charge in [0.15, 0.2) is 0 Å². The van der Waals surface area contributed by atoms with Gasteiger partial charge in [0.1, 0.15) is 10.9 Å². The van der Waals surface area contributed by atoms with E-state index < -0.39 is 0 Å². The van der Waals surface area contributed by atoms with E-state index >= 15 is 0 Å². The summed E-state index contributed by atoms with van der Waals surface area (Å²) in [5.74, 6) is 0.818. The van der Waals surface area contributed by atoms with E-state index in [1.165, 1.54) is 0 Å². The predicted molar refractivity (Wildman–Crippen MR) is 69.1 cm³/mol. The van der Waals surface area contributed by atoms with Gasteiger partial charge in [0.2, 0.25) is 0 Å². The molecular formula is C13H13ClN2O. The summed E-state index contributed by atoms with van der Waals surface area (Å²) in [5, 5.41) is 0.459. The predicted octanol–water partition coefficient (Wildman–Crippen LogP) is 2.87. The molecule has 2 rings (SSSR count). The molecule has 3 nitrogen and oxygen atoms in total. The van der Waals surface area contributed by atoms with E-state index in [-0.39, 0.29) is 0 Å². The van der Waals surface area contributed by atoms with Crippen LogP contribution in [-0.2, 0) is 6.54 Å². The normalized spacial score (nSPS) is 10.3. The number of hydrogen-bond acceptors (Lipinski definition) is 3. The molecular weight excluding hydrogens is 236 g/mol. The van der Waals surface area contributed by atoms with Crippen LogP contribution in [0.1, 0.15) is 5.56 Å². The third-order valence-electron chi connectivity index (χ3n) is 2.53. The van der Waals surface area contributed by atoms with Crippen molar-refractivity contribution >= 4 is 11.6 Å². The average molecular weight is 249 g/mol. The van der Waals surface area contributed by atoms with Crippen molar-refractivity contribution in [1.29, 1.82) is 0 Å². The molecule has 0 radical (unpaired) electrons. The maximum Gasteiger partial charge on any atom is 0.134 e. The van der Waals surface area contributed by atoms with Gasteiger partial charge in [-0.1, -0.05) is 17.7 Å². The number of methoxy groups -OCH3 is 1. The topological polar surface area (TPSA) is 48.1 Å². The summed E-state index contributed by atoms with van der Waals surface area (Å²) in [6.07, 6.45) is 0. The van der Waals surface area contributed by atoms with Crippen molar-refractivity contribution in [1.82, 2.24) is 4.98 Å². The van der Waals surface area contributed by atoms with Crippen LogP contribution in [0.15, 0.2) is 36.4 Å². The van der Waals surface area contributed by atoms with E-state index in [0.29, 0.717) is 11.7 Å². The van der Waals surface area contributed by atoms with Crippen LogP contribution in [0.25, 0.3) is 11.3 Å². The summed E-state index contributed by atoms with van der Waals surface area (Å²) >= 11 is 6.02. The molecule has 2 aromatic rings. The van der Waals surface area contributed by atoms with Gasteiger partial charge in [-0.2, -0.15) is 0 Å². The van der Waals surface area contributed by atoms with Gasteiger partial charge in [0, 0.05) is 17.7 Å². The standard InChI is InChI=1S/C13H13ClN2O/c1-17-11-5-2-9(3-6-11)12-7-4-10(8-15)13(14)16-12/h2-7H,8,15H2,1H3. The lowest BCUT2D eigenvalue weighted by atomic mass is 10.1. The van der Waals surface area contributed by atoms with Crippen LogP contribution in [0.4, 0.5) is 0 Å². The Morgan fingerprint density at radius 3 is 2.41 bits per heavy atom. The minimum absolute atomic E-state index is 0.398. The molecule has 88 valence electrons. The number of pyridine rings is 1. The molecule has 0 fully saturated rings. The molecule has 0 saturated carbocycles. The van der Waals surface area contributed by atoms with Crippen LogP contribution in [-0.4, -0.2) is 12.1 Å². The number of nitrogens with zero attached hydrogens (tertiary/aromatic N) is 1. The SMILES string of the molecule is COc1ccc(-c2ccc(CN)c(Cl)n2)cc1. The van der Waals surface area contributed by atoms with Crippen molar-refractivity contribution in [3.05, 3.63) is 47.1 Å². The Morgan fingerprint density at radius 2 is 1.88 bits per heavy atom. The molecule has 1 heterocycles. The Kier molecular flexibility index (Phi) is 3.61. The second-order valence-electron chi connectivity index (χ2n) is 3.58. The number of ether oxygens (including phenoxy) is 1. The Balaban J connectivity index is 2.35. The molecule has 1 aromatic heterocycles. The fourth-order valence-electron chi connectivity index (χ4n) is 1.54. The molecule has 0 saturated heterocycles. The molecule has 0 aliphatic heterocycles. The molecule has 17 heavy (non-hydrogen) atoms. The van der Waals surface area contributed by atoms with Crippen molar-refractivity contribution in [3.63, 3.8) is 0 Å². The van der Waals surface area contributed by atoms with E-state index in [1.54, 1.807) is 7.11 Å². The number of halogens is 1. The molecule has 0 aliphatic carbocycles. The first-order valence-electron chi connectivity index (χ1n) is 5.24. The average Bonchev–Trinajstić information content (AvgIpc) is 2.39. The van der Waals surface area contributed by atoms with Crippen LogP contribution in [0, 0.1) is 0 Å². The first-order chi connectivity index (χ1) is 8.24. The van der Waals surface area contributed by atoms with Crippen LogP contribution < -0.4 is 10.5 Å². The molecule has 0 spiro atoms. The quantitative estimate of drug-likeness (QED) is 0.850. The highest BCUT2D eigenvalue weighted by Gasteiger charge is 2.04. The van der Waals surface area contributed by atoms with Crippen molar-refractivity contribution in [2.24, 2.45) is 5.73 Å². The van der Waals surface area contributed by atoms with Gasteiger partial charge in [-0.3, -0.25) is 0 Å². The summed E-state index contributed by atoms with van der Waals surface area (Å²) in [7, 11) is 1.64. The molecule has 4 heteroatoms. The van der Waals surface area contributed by atoms with Crippen molar-refractivity contribution in [3.8, 4) is 17.0 Å². The summed E-state index contributed by atoms with van der Waals surface area (Å²) in [5.41, 5.74) is 8.21. The Bertz CT molecular complexity index is 511. The summed E-state index contributed by atoms with van der Waals surface area (Å²) in [6, 6.07) is 11.5. The van der Waals surface area contributed by atoms with Crippen LogP contribution in [0.5, 0.6) is 5.75 Å². The zero-order valence-corrected chi connectivity index (χ0v) is 10.2. The van der Waals surface area contributed by atoms with Gasteiger partial charge < -0.3 is 10.5 Å². The third-order valence-corrected chi connectivity index (χ3v) is 2.86. The van der Waals surface area contributed by atoms with Gasteiger partial charge in [-0.15, -0.1) is 0 Å². The second kappa shape index (κ2) is 5.17. The van der Waals surface area contributed by atoms with Crippen LogP contribution in [0.2, 0.25) is 5.15 Å². The Morgan fingerprint density at radius 1 is 1.18 bits per heavy atom. The molecule has 0 aliphatic rings. The van der Waals surface area contributed by atoms with E-state index in [9.17, 15) is 0 Å². The Hall–Kier alpha value is -1.58. The number of benzene rings is 1. The molecule has 0 unspecified atom stereocenters. The smallest absolute Gasteiger partial charge is 0.134 e. The first-order valence-corrected chi connectivity index (χ1v) is 5.62. The first kappa shape index (κ1) is 11.9. The van der Waals surface area contributed by atoms with Gasteiger partial charge in [-0.05, 0) is 30.3 Å². The summed E-state index contributed by atoms with van der Waals surface area (Å²) in [4.78, 5) is 4.31. The lowest BCUT2D eigenvalue weighted by Gasteiger charge is -2.05. The molecule has 0 bridgehead atoms. The number of rotatable bonds is 3. The summed E-state index contributed by atoms with van der Waals surface area (Å²) < 4.78 is 5.10. The number of hydrogen-bond donors (Lipinski definition) is 1. The Labute approximate surface area is 105 Å². The largest absolute Gasteiger partial charge is 0.497 e. The number of aromatic nitrogens is 1. The van der Waals surface area contributed by atoms with E-state index in [1.807, 2.05) is 36.4 Å². The minimum atomic E-state index is 0.398. The van der Waals surface area contributed by atoms with E-state index in [0.717, 1.165) is 22.6 Å². The van der Waals surface area contributed by atoms with Gasteiger partial charge in [-0.25, -0.2) is 4.98 Å². The van der Waals surface area contributed by atoms with Gasteiger partial charge in [0.05, 0.1) is 12.8 Å². The summed E-state index contributed by atoms with van der Waals surface area (Å²) in [6.45, 7) is 0.398.